The normalized spacial score (nSPS) is 18.8. The van der Waals surface area contributed by atoms with Crippen molar-refractivity contribution in [2.75, 3.05) is 20.8 Å². The molecule has 0 spiro atoms. The second-order valence-corrected chi connectivity index (χ2v) is 6.28. The van der Waals surface area contributed by atoms with Gasteiger partial charge in [0.05, 0.1) is 24.4 Å². The third kappa shape index (κ3) is 7.22. The average Bonchev–Trinajstić information content (AvgIpc) is 2.37. The van der Waals surface area contributed by atoms with Crippen LogP contribution in [0, 0.1) is 11.8 Å². The molecular weight excluding hydrogens is 252 g/mol. The smallest absolute Gasteiger partial charge is 0.0805 e. The quantitative estimate of drug-likeness (QED) is 0.602. The van der Waals surface area contributed by atoms with Crippen molar-refractivity contribution in [3.8, 4) is 0 Å². The van der Waals surface area contributed by atoms with E-state index in [0.717, 1.165) is 0 Å². The van der Waals surface area contributed by atoms with Crippen LogP contribution in [0.4, 0.5) is 0 Å². The third-order valence-electron chi connectivity index (χ3n) is 3.36. The van der Waals surface area contributed by atoms with Crippen molar-refractivity contribution < 1.29 is 14.2 Å². The Hall–Kier alpha value is -0.640. The zero-order valence-corrected chi connectivity index (χ0v) is 14.2. The van der Waals surface area contributed by atoms with E-state index < -0.39 is 0 Å². The van der Waals surface area contributed by atoms with Crippen molar-refractivity contribution in [2.45, 2.75) is 52.4 Å². The molecule has 0 aromatic rings. The fourth-order valence-corrected chi connectivity index (χ4v) is 2.28. The minimum Gasteiger partial charge on any atom is -0.381 e. The monoisotopic (exact) mass is 284 g/mol. The molecule has 0 aromatic carbocycles. The van der Waals surface area contributed by atoms with Gasteiger partial charge in [0.15, 0.2) is 0 Å². The Kier molecular flexibility index (Phi) is 9.03. The van der Waals surface area contributed by atoms with Crippen LogP contribution in [0.15, 0.2) is 24.8 Å². The van der Waals surface area contributed by atoms with E-state index in [4.69, 9.17) is 14.2 Å². The summed E-state index contributed by atoms with van der Waals surface area (Å²) >= 11 is 0. The van der Waals surface area contributed by atoms with Crippen LogP contribution in [0.3, 0.4) is 0 Å². The van der Waals surface area contributed by atoms with Crippen LogP contribution in [0.2, 0.25) is 0 Å². The lowest BCUT2D eigenvalue weighted by Gasteiger charge is -2.33. The predicted molar refractivity (Wildman–Crippen MR) is 85.0 cm³/mol. The van der Waals surface area contributed by atoms with Crippen LogP contribution in [0.5, 0.6) is 0 Å². The fourth-order valence-electron chi connectivity index (χ4n) is 2.28. The lowest BCUT2D eigenvalue weighted by Crippen LogP contribution is -2.38. The molecule has 0 radical (unpaired) electrons. The largest absolute Gasteiger partial charge is 0.381 e. The van der Waals surface area contributed by atoms with Gasteiger partial charge >= 0.3 is 0 Å². The first-order valence-electron chi connectivity index (χ1n) is 7.25. The molecular formula is C17H32O3. The van der Waals surface area contributed by atoms with Gasteiger partial charge in [-0.15, -0.1) is 0 Å². The van der Waals surface area contributed by atoms with Crippen LogP contribution < -0.4 is 0 Å². The summed E-state index contributed by atoms with van der Waals surface area (Å²) in [5.74, 6) is 0.531. The Morgan fingerprint density at radius 3 is 2.10 bits per heavy atom. The third-order valence-corrected chi connectivity index (χ3v) is 3.36. The van der Waals surface area contributed by atoms with Crippen LogP contribution in [0.25, 0.3) is 0 Å². The molecule has 0 saturated heterocycles. The van der Waals surface area contributed by atoms with E-state index in [2.05, 4.69) is 41.2 Å². The topological polar surface area (TPSA) is 27.7 Å². The Morgan fingerprint density at radius 1 is 1.10 bits per heavy atom. The summed E-state index contributed by atoms with van der Waals surface area (Å²) in [6, 6.07) is 0. The first-order valence-corrected chi connectivity index (χ1v) is 7.25. The van der Waals surface area contributed by atoms with Gasteiger partial charge in [-0.05, 0) is 20.8 Å². The first-order chi connectivity index (χ1) is 9.26. The van der Waals surface area contributed by atoms with E-state index in [9.17, 15) is 0 Å². The number of rotatable bonds is 9. The number of hydrogen-bond acceptors (Lipinski definition) is 3. The predicted octanol–water partition coefficient (Wildman–Crippen LogP) is 3.85. The molecule has 0 saturated carbocycles. The Morgan fingerprint density at radius 2 is 1.70 bits per heavy atom. The van der Waals surface area contributed by atoms with Gasteiger partial charge in [-0.2, -0.15) is 0 Å². The molecule has 20 heavy (non-hydrogen) atoms. The highest BCUT2D eigenvalue weighted by Gasteiger charge is 2.29. The van der Waals surface area contributed by atoms with Gasteiger partial charge in [0.1, 0.15) is 0 Å². The van der Waals surface area contributed by atoms with Crippen molar-refractivity contribution in [1.29, 1.82) is 0 Å². The van der Waals surface area contributed by atoms with E-state index >= 15 is 0 Å². The second-order valence-electron chi connectivity index (χ2n) is 6.28. The van der Waals surface area contributed by atoms with Crippen LogP contribution in [0.1, 0.15) is 34.6 Å². The highest BCUT2D eigenvalue weighted by molar-refractivity contribution is 5.03. The SMILES string of the molecule is C=C/C=C/[C@H](OC)[C@H](C)[C@@H](OC)[C@@H](C)COC(C)(C)C. The molecule has 0 aromatic heterocycles. The molecule has 0 amide bonds. The van der Waals surface area contributed by atoms with Gasteiger partial charge in [0.2, 0.25) is 0 Å². The fraction of sp³-hybridized carbons (Fsp3) is 0.765. The summed E-state index contributed by atoms with van der Waals surface area (Å²) in [4.78, 5) is 0. The van der Waals surface area contributed by atoms with E-state index in [0.29, 0.717) is 12.5 Å². The van der Waals surface area contributed by atoms with Crippen molar-refractivity contribution in [1.82, 2.24) is 0 Å². The Balaban J connectivity index is 4.69. The second kappa shape index (κ2) is 9.32. The molecule has 0 aliphatic heterocycles. The highest BCUT2D eigenvalue weighted by Crippen LogP contribution is 2.23. The average molecular weight is 284 g/mol. The van der Waals surface area contributed by atoms with Crippen molar-refractivity contribution in [3.63, 3.8) is 0 Å². The Labute approximate surface area is 125 Å². The van der Waals surface area contributed by atoms with Crippen molar-refractivity contribution >= 4 is 0 Å². The maximum atomic E-state index is 5.86. The molecule has 0 fully saturated rings. The summed E-state index contributed by atoms with van der Waals surface area (Å²) in [5.41, 5.74) is -0.126. The van der Waals surface area contributed by atoms with Gasteiger partial charge < -0.3 is 14.2 Å². The van der Waals surface area contributed by atoms with Crippen molar-refractivity contribution in [2.24, 2.45) is 11.8 Å². The van der Waals surface area contributed by atoms with Gasteiger partial charge in [-0.3, -0.25) is 0 Å². The minimum absolute atomic E-state index is 0.00929. The molecule has 0 heterocycles. The van der Waals surface area contributed by atoms with Gasteiger partial charge in [0.25, 0.3) is 0 Å². The molecule has 0 rings (SSSR count). The zero-order valence-electron chi connectivity index (χ0n) is 14.2. The van der Waals surface area contributed by atoms with E-state index in [1.54, 1.807) is 20.3 Å². The molecule has 0 bridgehead atoms. The van der Waals surface area contributed by atoms with Crippen molar-refractivity contribution in [3.05, 3.63) is 24.8 Å². The number of hydrogen-bond donors (Lipinski definition) is 0. The van der Waals surface area contributed by atoms with Crippen LogP contribution in [-0.2, 0) is 14.2 Å². The maximum absolute atomic E-state index is 5.86. The van der Waals surface area contributed by atoms with Gasteiger partial charge in [-0.1, -0.05) is 38.7 Å². The van der Waals surface area contributed by atoms with Gasteiger partial charge in [0, 0.05) is 26.1 Å². The standard InChI is InChI=1S/C17H32O3/c1-9-10-11-15(18-7)14(3)16(19-8)13(2)12-20-17(4,5)6/h9-11,13-16H,1,12H2,2-8H3/b11-10+/t13-,14-,15-,16-/m0/s1. The summed E-state index contributed by atoms with van der Waals surface area (Å²) in [6.07, 6.45) is 5.77. The molecule has 0 aliphatic rings. The number of ether oxygens (including phenoxy) is 3. The van der Waals surface area contributed by atoms with Crippen LogP contribution in [-0.4, -0.2) is 38.6 Å². The summed E-state index contributed by atoms with van der Waals surface area (Å²) in [5, 5.41) is 0. The lowest BCUT2D eigenvalue weighted by molar-refractivity contribution is -0.0807. The minimum atomic E-state index is -0.126. The highest BCUT2D eigenvalue weighted by atomic mass is 16.5. The van der Waals surface area contributed by atoms with E-state index in [-0.39, 0.29) is 23.7 Å². The number of allylic oxidation sites excluding steroid dienone is 2. The zero-order chi connectivity index (χ0) is 15.8. The molecule has 3 nitrogen and oxygen atoms in total. The Bertz CT molecular complexity index is 291. The number of methoxy groups -OCH3 is 2. The maximum Gasteiger partial charge on any atom is 0.0805 e. The summed E-state index contributed by atoms with van der Waals surface area (Å²) in [7, 11) is 3.47. The van der Waals surface area contributed by atoms with Crippen LogP contribution >= 0.6 is 0 Å². The molecule has 0 N–H and O–H groups in total. The van der Waals surface area contributed by atoms with Gasteiger partial charge in [-0.25, -0.2) is 0 Å². The van der Waals surface area contributed by atoms with E-state index in [1.165, 1.54) is 0 Å². The first kappa shape index (κ1) is 19.4. The molecule has 0 aliphatic carbocycles. The van der Waals surface area contributed by atoms with E-state index in [1.807, 2.05) is 12.2 Å². The molecule has 4 atom stereocenters. The molecule has 118 valence electrons. The summed E-state index contributed by atoms with van der Waals surface area (Å²) in [6.45, 7) is 14.9. The molecule has 3 heteroatoms. The lowest BCUT2D eigenvalue weighted by atomic mass is 9.89. The summed E-state index contributed by atoms with van der Waals surface area (Å²) < 4.78 is 17.1. The molecule has 0 unspecified atom stereocenters.